The summed E-state index contributed by atoms with van der Waals surface area (Å²) in [6.07, 6.45) is -0.679. The summed E-state index contributed by atoms with van der Waals surface area (Å²) >= 11 is 0. The second kappa shape index (κ2) is 3.84. The zero-order chi connectivity index (χ0) is 8.15. The van der Waals surface area contributed by atoms with Crippen LogP contribution in [0.15, 0.2) is 0 Å². The summed E-state index contributed by atoms with van der Waals surface area (Å²) in [6.45, 7) is 0. The van der Waals surface area contributed by atoms with Gasteiger partial charge >= 0.3 is 0 Å². The molecule has 0 heterocycles. The number of quaternary nitrogens is 1. The van der Waals surface area contributed by atoms with Gasteiger partial charge in [-0.2, -0.15) is 0 Å². The third kappa shape index (κ3) is 5.04. The van der Waals surface area contributed by atoms with E-state index in [2.05, 4.69) is 5.73 Å². The number of carbonyl (C=O) groups excluding carboxylic acids is 2. The van der Waals surface area contributed by atoms with E-state index in [1.807, 2.05) is 0 Å². The molecule has 0 atom stereocenters. The van der Waals surface area contributed by atoms with E-state index in [-0.39, 0.29) is 12.8 Å². The molecule has 0 rings (SSSR count). The molecule has 0 aromatic carbocycles. The molecule has 0 spiro atoms. The third-order valence-electron chi connectivity index (χ3n) is 0.911. The van der Waals surface area contributed by atoms with Crippen LogP contribution in [0, 0.1) is 0 Å². The van der Waals surface area contributed by atoms with Crippen molar-refractivity contribution in [3.63, 3.8) is 0 Å². The summed E-state index contributed by atoms with van der Waals surface area (Å²) in [5.74, 6) is -2.58. The zero-order valence-electron chi connectivity index (χ0n) is 5.33. The van der Waals surface area contributed by atoms with Crippen LogP contribution >= 0.6 is 0 Å². The topological polar surface area (TPSA) is 108 Å². The van der Waals surface area contributed by atoms with Crippen LogP contribution in [-0.2, 0) is 9.59 Å². The largest absolute Gasteiger partial charge is 0.550 e. The van der Waals surface area contributed by atoms with E-state index in [9.17, 15) is 19.8 Å². The lowest BCUT2D eigenvalue weighted by molar-refractivity contribution is -0.427. The van der Waals surface area contributed by atoms with Crippen LogP contribution in [0.3, 0.4) is 0 Å². The molecule has 0 aromatic rings. The Morgan fingerprint density at radius 3 is 1.70 bits per heavy atom. The highest BCUT2D eigenvalue weighted by molar-refractivity contribution is 5.68. The Morgan fingerprint density at radius 2 is 1.50 bits per heavy atom. The van der Waals surface area contributed by atoms with Crippen molar-refractivity contribution >= 4 is 11.9 Å². The molecule has 0 aromatic heterocycles. The molecule has 0 aliphatic rings. The normalized spacial score (nSPS) is 9.80. The monoisotopic (exact) mass is 146 g/mol. The second-order valence-corrected chi connectivity index (χ2v) is 2.02. The molecule has 0 amide bonds. The molecule has 5 heteroatoms. The Balaban J connectivity index is 3.53. The number of hydrogen-bond acceptors (Lipinski definition) is 4. The fourth-order valence-corrected chi connectivity index (χ4v) is 0.544. The molecule has 0 fully saturated rings. The van der Waals surface area contributed by atoms with Crippen molar-refractivity contribution in [3.8, 4) is 0 Å². The minimum absolute atomic E-state index is 0.339. The Morgan fingerprint density at radius 1 is 1.20 bits per heavy atom. The summed E-state index contributed by atoms with van der Waals surface area (Å²) in [6, 6.07) is -0.657. The number of carboxylic acids is 2. The lowest BCUT2D eigenvalue weighted by Gasteiger charge is -2.08. The van der Waals surface area contributed by atoms with Crippen molar-refractivity contribution in [1.82, 2.24) is 0 Å². The summed E-state index contributed by atoms with van der Waals surface area (Å²) in [5.41, 5.74) is 3.28. The zero-order valence-corrected chi connectivity index (χ0v) is 5.33. The first kappa shape index (κ1) is 8.90. The number of rotatable bonds is 4. The van der Waals surface area contributed by atoms with Crippen molar-refractivity contribution in [1.29, 1.82) is 0 Å². The molecule has 0 aliphatic carbocycles. The van der Waals surface area contributed by atoms with Crippen molar-refractivity contribution in [2.45, 2.75) is 18.9 Å². The Bertz CT molecular complexity index is 129. The van der Waals surface area contributed by atoms with Gasteiger partial charge in [0.15, 0.2) is 0 Å². The van der Waals surface area contributed by atoms with Gasteiger partial charge < -0.3 is 25.5 Å². The van der Waals surface area contributed by atoms with E-state index in [1.54, 1.807) is 0 Å². The van der Waals surface area contributed by atoms with Crippen LogP contribution in [0.4, 0.5) is 0 Å². The Kier molecular flexibility index (Phi) is 3.42. The maximum atomic E-state index is 9.83. The molecule has 0 saturated carbocycles. The fraction of sp³-hybridized carbons (Fsp3) is 0.600. The molecule has 0 unspecified atom stereocenters. The van der Waals surface area contributed by atoms with E-state index in [0.717, 1.165) is 0 Å². The number of carbonyl (C=O) groups is 2. The van der Waals surface area contributed by atoms with Gasteiger partial charge in [0.05, 0.1) is 6.04 Å². The van der Waals surface area contributed by atoms with Gasteiger partial charge in [0, 0.05) is 24.8 Å². The van der Waals surface area contributed by atoms with E-state index >= 15 is 0 Å². The molecule has 0 radical (unpaired) electrons. The minimum atomic E-state index is -1.29. The predicted molar refractivity (Wildman–Crippen MR) is 25.9 cm³/mol. The van der Waals surface area contributed by atoms with Crippen molar-refractivity contribution in [2.75, 3.05) is 0 Å². The van der Waals surface area contributed by atoms with Crippen molar-refractivity contribution in [2.24, 2.45) is 0 Å². The van der Waals surface area contributed by atoms with Gasteiger partial charge in [0.25, 0.3) is 0 Å². The average molecular weight is 146 g/mol. The highest BCUT2D eigenvalue weighted by Crippen LogP contribution is 1.88. The van der Waals surface area contributed by atoms with Gasteiger partial charge in [-0.05, 0) is 0 Å². The van der Waals surface area contributed by atoms with Gasteiger partial charge in [-0.25, -0.2) is 0 Å². The van der Waals surface area contributed by atoms with Crippen LogP contribution in [0.1, 0.15) is 12.8 Å². The lowest BCUT2D eigenvalue weighted by Crippen LogP contribution is -2.63. The molecular formula is C5H8NO4-. The number of aliphatic carboxylic acids is 2. The predicted octanol–water partition coefficient (Wildman–Crippen LogP) is -4.12. The Labute approximate surface area is 57.5 Å². The number of carboxylic acid groups (broad SMARTS) is 2. The lowest BCUT2D eigenvalue weighted by atomic mass is 10.1. The highest BCUT2D eigenvalue weighted by Gasteiger charge is 2.05. The van der Waals surface area contributed by atoms with Crippen LogP contribution in [0.2, 0.25) is 0 Å². The van der Waals surface area contributed by atoms with Gasteiger partial charge in [-0.3, -0.25) is 0 Å². The summed E-state index contributed by atoms with van der Waals surface area (Å²) in [7, 11) is 0. The quantitative estimate of drug-likeness (QED) is 0.434. The van der Waals surface area contributed by atoms with Crippen LogP contribution in [0.5, 0.6) is 0 Å². The average Bonchev–Trinajstić information content (AvgIpc) is 1.58. The smallest absolute Gasteiger partial charge is 0.0949 e. The molecule has 5 nitrogen and oxygen atoms in total. The number of hydrogen-bond donors (Lipinski definition) is 1. The van der Waals surface area contributed by atoms with Gasteiger partial charge in [0.1, 0.15) is 0 Å². The molecule has 58 valence electrons. The first-order chi connectivity index (χ1) is 4.52. The fourth-order valence-electron chi connectivity index (χ4n) is 0.544. The van der Waals surface area contributed by atoms with Gasteiger partial charge in [-0.1, -0.05) is 0 Å². The van der Waals surface area contributed by atoms with Crippen LogP contribution < -0.4 is 15.9 Å². The SMILES string of the molecule is [NH3+]C(CC(=O)[O-])CC(=O)[O-]. The maximum Gasteiger partial charge on any atom is 0.0949 e. The third-order valence-corrected chi connectivity index (χ3v) is 0.911. The molecular weight excluding hydrogens is 138 g/mol. The maximum absolute atomic E-state index is 9.83. The first-order valence-electron chi connectivity index (χ1n) is 2.75. The van der Waals surface area contributed by atoms with Crippen LogP contribution in [-0.4, -0.2) is 18.0 Å². The molecule has 3 N–H and O–H groups in total. The molecule has 0 aliphatic heterocycles. The standard InChI is InChI=1S/C5H9NO4/c6-3(1-4(7)8)2-5(9)10/h3H,1-2,6H2,(H,7,8)(H,9,10)/p-1. The second-order valence-electron chi connectivity index (χ2n) is 2.02. The summed E-state index contributed by atoms with van der Waals surface area (Å²) in [4.78, 5) is 19.7. The molecule has 0 bridgehead atoms. The Hall–Kier alpha value is -1.10. The van der Waals surface area contributed by atoms with E-state index in [0.29, 0.717) is 0 Å². The first-order valence-corrected chi connectivity index (χ1v) is 2.75. The molecule has 10 heavy (non-hydrogen) atoms. The minimum Gasteiger partial charge on any atom is -0.550 e. The summed E-state index contributed by atoms with van der Waals surface area (Å²) < 4.78 is 0. The van der Waals surface area contributed by atoms with E-state index in [4.69, 9.17) is 0 Å². The van der Waals surface area contributed by atoms with Crippen molar-refractivity contribution in [3.05, 3.63) is 0 Å². The van der Waals surface area contributed by atoms with Gasteiger partial charge in [0.2, 0.25) is 0 Å². The van der Waals surface area contributed by atoms with Crippen molar-refractivity contribution < 1.29 is 25.5 Å². The van der Waals surface area contributed by atoms with Crippen LogP contribution in [0.25, 0.3) is 0 Å². The van der Waals surface area contributed by atoms with E-state index in [1.165, 1.54) is 0 Å². The van der Waals surface area contributed by atoms with Gasteiger partial charge in [-0.15, -0.1) is 0 Å². The highest BCUT2D eigenvalue weighted by atomic mass is 16.4. The summed E-state index contributed by atoms with van der Waals surface area (Å²) in [5, 5.41) is 19.7. The molecule has 0 saturated heterocycles. The van der Waals surface area contributed by atoms with E-state index < -0.39 is 18.0 Å².